The second-order valence-corrected chi connectivity index (χ2v) is 7.10. The first kappa shape index (κ1) is 14.3. The molecule has 1 aliphatic rings. The Bertz CT molecular complexity index is 299. The average molecular weight is 268 g/mol. The highest BCUT2D eigenvalue weighted by Gasteiger charge is 2.25. The summed E-state index contributed by atoms with van der Waals surface area (Å²) in [5.74, 6) is 1.04. The van der Waals surface area contributed by atoms with Crippen LogP contribution in [0.3, 0.4) is 0 Å². The van der Waals surface area contributed by atoms with Crippen molar-refractivity contribution in [3.8, 4) is 0 Å². The molecule has 5 heteroatoms. The molecule has 1 aliphatic carbocycles. The Kier molecular flexibility index (Phi) is 5.54. The number of alkyl halides is 1. The Labute approximate surface area is 104 Å². The lowest BCUT2D eigenvalue weighted by molar-refractivity contribution is 0.422. The molecular weight excluding hydrogens is 246 g/mol. The van der Waals surface area contributed by atoms with Crippen molar-refractivity contribution < 1.29 is 8.42 Å². The Hall–Kier alpha value is 0.200. The molecule has 0 aliphatic heterocycles. The Morgan fingerprint density at radius 1 is 1.31 bits per heavy atom. The molecule has 0 aromatic carbocycles. The van der Waals surface area contributed by atoms with E-state index in [-0.39, 0.29) is 17.7 Å². The lowest BCUT2D eigenvalue weighted by Crippen LogP contribution is -2.39. The van der Waals surface area contributed by atoms with E-state index in [1.54, 1.807) is 0 Å². The zero-order chi connectivity index (χ0) is 12.2. The van der Waals surface area contributed by atoms with Crippen LogP contribution in [0.1, 0.15) is 39.5 Å². The molecule has 0 amide bonds. The molecule has 0 spiro atoms. The number of hydrogen-bond acceptors (Lipinski definition) is 2. The van der Waals surface area contributed by atoms with Gasteiger partial charge in [0.05, 0.1) is 5.75 Å². The number of nitrogens with one attached hydrogen (secondary N) is 1. The second kappa shape index (κ2) is 6.22. The smallest absolute Gasteiger partial charge is 0.212 e. The maximum atomic E-state index is 11.8. The van der Waals surface area contributed by atoms with Gasteiger partial charge in [0.2, 0.25) is 10.0 Å². The summed E-state index contributed by atoms with van der Waals surface area (Å²) in [7, 11) is -3.16. The summed E-state index contributed by atoms with van der Waals surface area (Å²) in [5, 5.41) is 0. The lowest BCUT2D eigenvalue weighted by atomic mass is 10.0. The van der Waals surface area contributed by atoms with Crippen LogP contribution in [0.5, 0.6) is 0 Å². The Balaban J connectivity index is 2.44. The van der Waals surface area contributed by atoms with Crippen molar-refractivity contribution >= 4 is 21.6 Å². The summed E-state index contributed by atoms with van der Waals surface area (Å²) in [5.41, 5.74) is 0. The molecule has 0 radical (unpaired) electrons. The quantitative estimate of drug-likeness (QED) is 0.751. The van der Waals surface area contributed by atoms with Crippen LogP contribution in [-0.2, 0) is 10.0 Å². The van der Waals surface area contributed by atoms with Gasteiger partial charge in [-0.05, 0) is 31.6 Å². The van der Waals surface area contributed by atoms with Crippen molar-refractivity contribution in [3.05, 3.63) is 0 Å². The van der Waals surface area contributed by atoms with Crippen molar-refractivity contribution in [3.63, 3.8) is 0 Å². The Morgan fingerprint density at radius 3 is 2.38 bits per heavy atom. The topological polar surface area (TPSA) is 46.2 Å². The largest absolute Gasteiger partial charge is 0.212 e. The highest BCUT2D eigenvalue weighted by Crippen LogP contribution is 2.27. The molecule has 0 aromatic rings. The van der Waals surface area contributed by atoms with Gasteiger partial charge in [0.15, 0.2) is 0 Å². The van der Waals surface area contributed by atoms with Crippen LogP contribution in [-0.4, -0.2) is 26.1 Å². The van der Waals surface area contributed by atoms with E-state index in [2.05, 4.69) is 4.72 Å². The van der Waals surface area contributed by atoms with Gasteiger partial charge in [0, 0.05) is 11.9 Å². The van der Waals surface area contributed by atoms with Crippen LogP contribution >= 0.6 is 11.6 Å². The number of halogens is 1. The van der Waals surface area contributed by atoms with Crippen molar-refractivity contribution in [2.45, 2.75) is 45.6 Å². The fraction of sp³-hybridized carbons (Fsp3) is 1.00. The molecule has 0 heterocycles. The normalized spacial score (nSPS) is 22.2. The molecule has 1 rings (SSSR count). The van der Waals surface area contributed by atoms with E-state index in [9.17, 15) is 8.42 Å². The third kappa shape index (κ3) is 4.60. The summed E-state index contributed by atoms with van der Waals surface area (Å²) in [6.07, 6.45) is 4.76. The van der Waals surface area contributed by atoms with Gasteiger partial charge in [-0.3, -0.25) is 0 Å². The summed E-state index contributed by atoms with van der Waals surface area (Å²) >= 11 is 5.63. The predicted molar refractivity (Wildman–Crippen MR) is 68.2 cm³/mol. The van der Waals surface area contributed by atoms with Gasteiger partial charge >= 0.3 is 0 Å². The minimum absolute atomic E-state index is 0.00921. The van der Waals surface area contributed by atoms with Crippen LogP contribution < -0.4 is 4.72 Å². The van der Waals surface area contributed by atoms with Gasteiger partial charge in [0.25, 0.3) is 0 Å². The van der Waals surface area contributed by atoms with Crippen LogP contribution in [0, 0.1) is 11.8 Å². The molecule has 16 heavy (non-hydrogen) atoms. The monoisotopic (exact) mass is 267 g/mol. The first-order valence-corrected chi connectivity index (χ1v) is 8.19. The third-order valence-electron chi connectivity index (χ3n) is 3.24. The third-order valence-corrected chi connectivity index (χ3v) is 5.51. The predicted octanol–water partition coefficient (Wildman–Crippen LogP) is 2.36. The molecule has 1 fully saturated rings. The van der Waals surface area contributed by atoms with Crippen LogP contribution in [0.2, 0.25) is 0 Å². The van der Waals surface area contributed by atoms with Gasteiger partial charge in [-0.25, -0.2) is 13.1 Å². The minimum Gasteiger partial charge on any atom is -0.212 e. The standard InChI is InChI=1S/C11H22ClNO2S/c1-9(7-12)8-16(14,15)13-10(2)11-5-3-4-6-11/h9-11,13H,3-8H2,1-2H3. The summed E-state index contributed by atoms with van der Waals surface area (Å²) in [4.78, 5) is 0. The van der Waals surface area contributed by atoms with E-state index in [1.165, 1.54) is 12.8 Å². The highest BCUT2D eigenvalue weighted by atomic mass is 35.5. The van der Waals surface area contributed by atoms with Gasteiger partial charge in [-0.15, -0.1) is 11.6 Å². The number of sulfonamides is 1. The summed E-state index contributed by atoms with van der Waals surface area (Å²) < 4.78 is 26.4. The van der Waals surface area contributed by atoms with E-state index >= 15 is 0 Å². The molecule has 2 atom stereocenters. The highest BCUT2D eigenvalue weighted by molar-refractivity contribution is 7.89. The van der Waals surface area contributed by atoms with Gasteiger partial charge in [-0.1, -0.05) is 19.8 Å². The zero-order valence-electron chi connectivity index (χ0n) is 10.1. The molecule has 1 N–H and O–H groups in total. The van der Waals surface area contributed by atoms with Crippen molar-refractivity contribution in [2.75, 3.05) is 11.6 Å². The summed E-state index contributed by atoms with van der Waals surface area (Å²) in [6, 6.07) is 0.0648. The molecule has 0 saturated heterocycles. The van der Waals surface area contributed by atoms with Crippen LogP contribution in [0.15, 0.2) is 0 Å². The fourth-order valence-corrected chi connectivity index (χ4v) is 4.26. The summed E-state index contributed by atoms with van der Waals surface area (Å²) in [6.45, 7) is 3.82. The second-order valence-electron chi connectivity index (χ2n) is 4.99. The maximum absolute atomic E-state index is 11.8. The number of hydrogen-bond donors (Lipinski definition) is 1. The fourth-order valence-electron chi connectivity index (χ4n) is 2.30. The van der Waals surface area contributed by atoms with E-state index in [0.717, 1.165) is 12.8 Å². The molecular formula is C11H22ClNO2S. The minimum atomic E-state index is -3.16. The van der Waals surface area contributed by atoms with Gasteiger partial charge < -0.3 is 0 Å². The van der Waals surface area contributed by atoms with Crippen molar-refractivity contribution in [2.24, 2.45) is 11.8 Å². The average Bonchev–Trinajstić information content (AvgIpc) is 2.68. The zero-order valence-corrected chi connectivity index (χ0v) is 11.6. The lowest BCUT2D eigenvalue weighted by Gasteiger charge is -2.21. The first-order chi connectivity index (χ1) is 7.44. The van der Waals surface area contributed by atoms with E-state index < -0.39 is 10.0 Å². The first-order valence-electron chi connectivity index (χ1n) is 6.00. The molecule has 0 bridgehead atoms. The van der Waals surface area contributed by atoms with E-state index in [0.29, 0.717) is 11.8 Å². The van der Waals surface area contributed by atoms with Gasteiger partial charge in [-0.2, -0.15) is 0 Å². The molecule has 2 unspecified atom stereocenters. The molecule has 0 aromatic heterocycles. The molecule has 1 saturated carbocycles. The van der Waals surface area contributed by atoms with E-state index in [4.69, 9.17) is 11.6 Å². The van der Waals surface area contributed by atoms with Crippen molar-refractivity contribution in [1.29, 1.82) is 0 Å². The van der Waals surface area contributed by atoms with Gasteiger partial charge in [0.1, 0.15) is 0 Å². The molecule has 96 valence electrons. The SMILES string of the molecule is CC(CCl)CS(=O)(=O)NC(C)C1CCCC1. The number of rotatable bonds is 6. The maximum Gasteiger partial charge on any atom is 0.212 e. The molecule has 3 nitrogen and oxygen atoms in total. The van der Waals surface area contributed by atoms with Crippen LogP contribution in [0.4, 0.5) is 0 Å². The van der Waals surface area contributed by atoms with E-state index in [1.807, 2.05) is 13.8 Å². The van der Waals surface area contributed by atoms with Crippen LogP contribution in [0.25, 0.3) is 0 Å². The van der Waals surface area contributed by atoms with Crippen molar-refractivity contribution in [1.82, 2.24) is 4.72 Å². The Morgan fingerprint density at radius 2 is 1.88 bits per heavy atom.